The third-order valence-corrected chi connectivity index (χ3v) is 3.76. The van der Waals surface area contributed by atoms with Gasteiger partial charge >= 0.3 is 0 Å². The first-order valence-electron chi connectivity index (χ1n) is 6.96. The van der Waals surface area contributed by atoms with E-state index in [1.807, 2.05) is 37.1 Å². The van der Waals surface area contributed by atoms with E-state index in [0.29, 0.717) is 15.9 Å². The van der Waals surface area contributed by atoms with Gasteiger partial charge < -0.3 is 10.2 Å². The molecule has 21 heavy (non-hydrogen) atoms. The van der Waals surface area contributed by atoms with Gasteiger partial charge in [-0.25, -0.2) is 4.98 Å². The molecule has 112 valence electrons. The van der Waals surface area contributed by atoms with Crippen molar-refractivity contribution >= 4 is 34.8 Å². The number of rotatable bonds is 6. The maximum absolute atomic E-state index is 6.26. The summed E-state index contributed by atoms with van der Waals surface area (Å²) in [6, 6.07) is 12.1. The van der Waals surface area contributed by atoms with Crippen LogP contribution in [-0.4, -0.2) is 25.1 Å². The summed E-state index contributed by atoms with van der Waals surface area (Å²) in [6.07, 6.45) is 0.939. The van der Waals surface area contributed by atoms with Crippen LogP contribution in [0.3, 0.4) is 0 Å². The molecule has 0 bridgehead atoms. The zero-order chi connectivity index (χ0) is 15.2. The van der Waals surface area contributed by atoms with Gasteiger partial charge in [-0.2, -0.15) is 0 Å². The molecule has 0 fully saturated rings. The van der Waals surface area contributed by atoms with Gasteiger partial charge in [0.2, 0.25) is 0 Å². The molecule has 1 aromatic carbocycles. The molecule has 0 atom stereocenters. The Hall–Kier alpha value is -1.45. The first-order chi connectivity index (χ1) is 10.1. The van der Waals surface area contributed by atoms with Crippen molar-refractivity contribution in [1.29, 1.82) is 0 Å². The summed E-state index contributed by atoms with van der Waals surface area (Å²) < 4.78 is 0. The van der Waals surface area contributed by atoms with Gasteiger partial charge in [0.25, 0.3) is 0 Å². The molecule has 0 aliphatic heterocycles. The van der Waals surface area contributed by atoms with Crippen LogP contribution in [0.25, 0.3) is 0 Å². The highest BCUT2D eigenvalue weighted by Crippen LogP contribution is 2.30. The molecule has 3 nitrogen and oxygen atoms in total. The highest BCUT2D eigenvalue weighted by atomic mass is 35.5. The maximum atomic E-state index is 6.26. The Bertz CT molecular complexity index is 588. The Morgan fingerprint density at radius 1 is 1.14 bits per heavy atom. The summed E-state index contributed by atoms with van der Waals surface area (Å²) in [5, 5.41) is 4.25. The maximum Gasteiger partial charge on any atom is 0.149 e. The van der Waals surface area contributed by atoms with Gasteiger partial charge in [0.15, 0.2) is 0 Å². The number of likely N-dealkylation sites (N-methyl/N-ethyl adjacent to an activating group) is 1. The van der Waals surface area contributed by atoms with E-state index in [-0.39, 0.29) is 0 Å². The number of nitrogens with zero attached hydrogens (tertiary/aromatic N) is 2. The molecule has 1 heterocycles. The summed E-state index contributed by atoms with van der Waals surface area (Å²) in [5.41, 5.74) is 1.29. The second-order valence-electron chi connectivity index (χ2n) is 4.81. The van der Waals surface area contributed by atoms with Crippen LogP contribution in [0.15, 0.2) is 36.4 Å². The molecule has 0 saturated heterocycles. The van der Waals surface area contributed by atoms with Gasteiger partial charge in [0.1, 0.15) is 11.6 Å². The molecule has 0 aliphatic carbocycles. The molecule has 0 amide bonds. The zero-order valence-corrected chi connectivity index (χ0v) is 13.7. The number of pyridine rings is 1. The van der Waals surface area contributed by atoms with Crippen molar-refractivity contribution in [2.24, 2.45) is 0 Å². The van der Waals surface area contributed by atoms with Gasteiger partial charge in [-0.3, -0.25) is 0 Å². The normalized spacial score (nSPS) is 10.5. The number of anilines is 2. The molecule has 0 radical (unpaired) electrons. The predicted molar refractivity (Wildman–Crippen MR) is 91.8 cm³/mol. The molecule has 0 aliphatic rings. The van der Waals surface area contributed by atoms with Crippen LogP contribution in [0.2, 0.25) is 10.0 Å². The van der Waals surface area contributed by atoms with E-state index >= 15 is 0 Å². The summed E-state index contributed by atoms with van der Waals surface area (Å²) in [6.45, 7) is 3.61. The third kappa shape index (κ3) is 4.26. The molecule has 5 heteroatoms. The molecule has 0 spiro atoms. The largest absolute Gasteiger partial charge is 0.369 e. The second-order valence-corrected chi connectivity index (χ2v) is 5.63. The van der Waals surface area contributed by atoms with Crippen molar-refractivity contribution in [3.63, 3.8) is 0 Å². The molecule has 1 N–H and O–H groups in total. The van der Waals surface area contributed by atoms with Crippen molar-refractivity contribution in [2.45, 2.75) is 13.3 Å². The van der Waals surface area contributed by atoms with Crippen molar-refractivity contribution in [3.05, 3.63) is 52.0 Å². The van der Waals surface area contributed by atoms with Gasteiger partial charge in [0.05, 0.1) is 10.0 Å². The minimum atomic E-state index is 0.544. The van der Waals surface area contributed by atoms with E-state index < -0.39 is 0 Å². The van der Waals surface area contributed by atoms with E-state index in [9.17, 15) is 0 Å². The molecular weight excluding hydrogens is 305 g/mol. The lowest BCUT2D eigenvalue weighted by atomic mass is 10.1. The quantitative estimate of drug-likeness (QED) is 0.848. The van der Waals surface area contributed by atoms with Crippen LogP contribution < -0.4 is 10.2 Å². The monoisotopic (exact) mass is 323 g/mol. The van der Waals surface area contributed by atoms with E-state index in [0.717, 1.165) is 25.3 Å². The zero-order valence-electron chi connectivity index (χ0n) is 12.2. The first-order valence-corrected chi connectivity index (χ1v) is 7.72. The average molecular weight is 324 g/mol. The van der Waals surface area contributed by atoms with Crippen molar-refractivity contribution in [3.8, 4) is 0 Å². The van der Waals surface area contributed by atoms with Crippen LogP contribution in [0, 0.1) is 0 Å². The number of benzene rings is 1. The third-order valence-electron chi connectivity index (χ3n) is 3.20. The lowest BCUT2D eigenvalue weighted by molar-refractivity contribution is 0.860. The molecular formula is C16H19Cl2N3. The van der Waals surface area contributed by atoms with Crippen molar-refractivity contribution in [2.75, 3.05) is 30.4 Å². The Kier molecular flexibility index (Phi) is 5.71. The van der Waals surface area contributed by atoms with Crippen molar-refractivity contribution < 1.29 is 0 Å². The van der Waals surface area contributed by atoms with Crippen LogP contribution >= 0.6 is 23.2 Å². The summed E-state index contributed by atoms with van der Waals surface area (Å²) in [7, 11) is 1.99. The topological polar surface area (TPSA) is 28.2 Å². The minimum absolute atomic E-state index is 0.544. The molecule has 0 saturated carbocycles. The van der Waals surface area contributed by atoms with Gasteiger partial charge in [-0.1, -0.05) is 53.5 Å². The number of aromatic nitrogens is 1. The Labute approximate surface area is 135 Å². The van der Waals surface area contributed by atoms with E-state index in [4.69, 9.17) is 23.2 Å². The molecule has 2 rings (SSSR count). The van der Waals surface area contributed by atoms with E-state index in [1.54, 1.807) is 6.07 Å². The molecule has 0 unspecified atom stereocenters. The van der Waals surface area contributed by atoms with E-state index in [1.165, 1.54) is 5.56 Å². The van der Waals surface area contributed by atoms with E-state index in [2.05, 4.69) is 22.4 Å². The average Bonchev–Trinajstić information content (AvgIpc) is 2.49. The number of halogens is 2. The number of nitrogens with one attached hydrogen (secondary N) is 1. The predicted octanol–water partition coefficient (Wildman–Crippen LogP) is 4.50. The fourth-order valence-corrected chi connectivity index (χ4v) is 2.63. The lowest BCUT2D eigenvalue weighted by Gasteiger charge is -2.21. The van der Waals surface area contributed by atoms with Gasteiger partial charge in [-0.15, -0.1) is 0 Å². The molecule has 2 aromatic rings. The summed E-state index contributed by atoms with van der Waals surface area (Å²) in [4.78, 5) is 6.57. The minimum Gasteiger partial charge on any atom is -0.369 e. The second kappa shape index (κ2) is 7.53. The van der Waals surface area contributed by atoms with Crippen LogP contribution in [0.1, 0.15) is 12.5 Å². The Balaban J connectivity index is 2.11. The number of hydrogen-bond donors (Lipinski definition) is 1. The van der Waals surface area contributed by atoms with Gasteiger partial charge in [-0.05, 0) is 25.0 Å². The smallest absolute Gasteiger partial charge is 0.149 e. The highest BCUT2D eigenvalue weighted by Gasteiger charge is 2.12. The lowest BCUT2D eigenvalue weighted by Crippen LogP contribution is -2.22. The summed E-state index contributed by atoms with van der Waals surface area (Å²) in [5.74, 6) is 1.41. The fraction of sp³-hybridized carbons (Fsp3) is 0.312. The molecule has 1 aromatic heterocycles. The first kappa shape index (κ1) is 15.9. The van der Waals surface area contributed by atoms with Crippen LogP contribution in [0.5, 0.6) is 0 Å². The van der Waals surface area contributed by atoms with Gasteiger partial charge in [0, 0.05) is 20.1 Å². The Morgan fingerprint density at radius 2 is 1.86 bits per heavy atom. The Morgan fingerprint density at radius 3 is 2.52 bits per heavy atom. The number of hydrogen-bond acceptors (Lipinski definition) is 3. The van der Waals surface area contributed by atoms with Crippen molar-refractivity contribution in [1.82, 2.24) is 4.98 Å². The SMILES string of the molecule is CCNc1nc(N(C)CCc2ccccc2)c(Cl)cc1Cl. The standard InChI is InChI=1S/C16H19Cl2N3/c1-3-19-15-13(17)11-14(18)16(20-15)21(2)10-9-12-7-5-4-6-8-12/h4-8,11H,3,9-10H2,1-2H3,(H,19,20). The fourth-order valence-electron chi connectivity index (χ4n) is 2.06. The van der Waals surface area contributed by atoms with Crippen LogP contribution in [-0.2, 0) is 6.42 Å². The van der Waals surface area contributed by atoms with Crippen LogP contribution in [0.4, 0.5) is 11.6 Å². The summed E-state index contributed by atoms with van der Waals surface area (Å²) >= 11 is 12.4. The highest BCUT2D eigenvalue weighted by molar-refractivity contribution is 6.37.